The molecule has 1 amide bonds. The standard InChI is InChI=1S/C17H30N4O2/c1-6-13(2)21-16(19-10-9-14-8-7-11-23-14)20-12-17(3,4)15(22)18-5/h7-8,11,13H,6,9-10,12H2,1-5H3,(H,18,22)(H2,19,20,21). The Morgan fingerprint density at radius 1 is 1.43 bits per heavy atom. The van der Waals surface area contributed by atoms with Crippen LogP contribution in [-0.2, 0) is 11.2 Å². The van der Waals surface area contributed by atoms with Crippen LogP contribution in [0.1, 0.15) is 39.9 Å². The van der Waals surface area contributed by atoms with E-state index in [0.29, 0.717) is 12.6 Å². The second-order valence-corrected chi connectivity index (χ2v) is 6.34. The molecule has 0 spiro atoms. The van der Waals surface area contributed by atoms with Crippen LogP contribution in [0, 0.1) is 5.41 Å². The highest BCUT2D eigenvalue weighted by atomic mass is 16.3. The van der Waals surface area contributed by atoms with Crippen molar-refractivity contribution < 1.29 is 9.21 Å². The van der Waals surface area contributed by atoms with Gasteiger partial charge in [-0.15, -0.1) is 0 Å². The molecule has 1 aromatic rings. The summed E-state index contributed by atoms with van der Waals surface area (Å²) in [5.41, 5.74) is -0.542. The van der Waals surface area contributed by atoms with Gasteiger partial charge in [0.25, 0.3) is 0 Å². The first-order valence-corrected chi connectivity index (χ1v) is 8.18. The fourth-order valence-electron chi connectivity index (χ4n) is 1.93. The topological polar surface area (TPSA) is 78.7 Å². The van der Waals surface area contributed by atoms with Gasteiger partial charge in [-0.2, -0.15) is 0 Å². The summed E-state index contributed by atoms with van der Waals surface area (Å²) in [6.45, 7) is 9.13. The number of amides is 1. The van der Waals surface area contributed by atoms with E-state index in [1.165, 1.54) is 0 Å². The van der Waals surface area contributed by atoms with E-state index >= 15 is 0 Å². The maximum absolute atomic E-state index is 11.9. The van der Waals surface area contributed by atoms with Crippen LogP contribution in [0.4, 0.5) is 0 Å². The summed E-state index contributed by atoms with van der Waals surface area (Å²) in [5, 5.41) is 9.33. The van der Waals surface area contributed by atoms with Gasteiger partial charge in [0.1, 0.15) is 5.76 Å². The molecular formula is C17H30N4O2. The molecule has 0 aromatic carbocycles. The average molecular weight is 322 g/mol. The van der Waals surface area contributed by atoms with Crippen LogP contribution >= 0.6 is 0 Å². The molecule has 0 radical (unpaired) electrons. The molecular weight excluding hydrogens is 292 g/mol. The summed E-state index contributed by atoms with van der Waals surface area (Å²) in [7, 11) is 1.65. The van der Waals surface area contributed by atoms with Gasteiger partial charge in [0.05, 0.1) is 18.2 Å². The maximum atomic E-state index is 11.9. The van der Waals surface area contributed by atoms with Crippen molar-refractivity contribution in [3.05, 3.63) is 24.2 Å². The monoisotopic (exact) mass is 322 g/mol. The second-order valence-electron chi connectivity index (χ2n) is 6.34. The number of guanidine groups is 1. The lowest BCUT2D eigenvalue weighted by atomic mass is 9.93. The molecule has 6 nitrogen and oxygen atoms in total. The SMILES string of the molecule is CCC(C)NC(=NCC(C)(C)C(=O)NC)NCCc1ccco1. The van der Waals surface area contributed by atoms with Gasteiger partial charge in [-0.25, -0.2) is 0 Å². The summed E-state index contributed by atoms with van der Waals surface area (Å²) in [6.07, 6.45) is 3.46. The van der Waals surface area contributed by atoms with E-state index in [2.05, 4.69) is 34.8 Å². The molecule has 3 N–H and O–H groups in total. The number of rotatable bonds is 8. The van der Waals surface area contributed by atoms with E-state index in [0.717, 1.165) is 31.1 Å². The van der Waals surface area contributed by atoms with Crippen LogP contribution in [0.3, 0.4) is 0 Å². The minimum absolute atomic E-state index is 0.0141. The molecule has 23 heavy (non-hydrogen) atoms. The minimum atomic E-state index is -0.542. The molecule has 1 rings (SSSR count). The fourth-order valence-corrected chi connectivity index (χ4v) is 1.93. The third kappa shape index (κ3) is 6.76. The maximum Gasteiger partial charge on any atom is 0.227 e. The number of carbonyl (C=O) groups excluding carboxylic acids is 1. The molecule has 0 aliphatic carbocycles. The molecule has 6 heteroatoms. The van der Waals surface area contributed by atoms with Gasteiger partial charge in [0.2, 0.25) is 5.91 Å². The molecule has 0 aliphatic heterocycles. The Morgan fingerprint density at radius 3 is 2.74 bits per heavy atom. The molecule has 1 unspecified atom stereocenters. The van der Waals surface area contributed by atoms with Gasteiger partial charge in [-0.1, -0.05) is 6.92 Å². The van der Waals surface area contributed by atoms with Crippen LogP contribution in [0.2, 0.25) is 0 Å². The van der Waals surface area contributed by atoms with Crippen LogP contribution in [0.5, 0.6) is 0 Å². The quantitative estimate of drug-likeness (QED) is 0.505. The predicted octanol–water partition coefficient (Wildman–Crippen LogP) is 1.93. The van der Waals surface area contributed by atoms with E-state index in [-0.39, 0.29) is 5.91 Å². The minimum Gasteiger partial charge on any atom is -0.469 e. The molecule has 0 fully saturated rings. The average Bonchev–Trinajstić information content (AvgIpc) is 3.04. The normalized spacial score (nSPS) is 13.5. The Hall–Kier alpha value is -1.98. The van der Waals surface area contributed by atoms with Gasteiger partial charge >= 0.3 is 0 Å². The highest BCUT2D eigenvalue weighted by Gasteiger charge is 2.26. The van der Waals surface area contributed by atoms with Crippen molar-refractivity contribution in [2.75, 3.05) is 20.1 Å². The fraction of sp³-hybridized carbons (Fsp3) is 0.647. The van der Waals surface area contributed by atoms with Crippen molar-refractivity contribution in [1.82, 2.24) is 16.0 Å². The molecule has 1 heterocycles. The molecule has 0 saturated heterocycles. The van der Waals surface area contributed by atoms with Crippen molar-refractivity contribution in [3.63, 3.8) is 0 Å². The first kappa shape index (κ1) is 19.1. The lowest BCUT2D eigenvalue weighted by Crippen LogP contribution is -2.44. The van der Waals surface area contributed by atoms with E-state index < -0.39 is 5.41 Å². The van der Waals surface area contributed by atoms with E-state index in [1.54, 1.807) is 13.3 Å². The highest BCUT2D eigenvalue weighted by molar-refractivity contribution is 5.83. The number of nitrogens with zero attached hydrogens (tertiary/aromatic N) is 1. The molecule has 130 valence electrons. The largest absolute Gasteiger partial charge is 0.469 e. The van der Waals surface area contributed by atoms with E-state index in [9.17, 15) is 4.79 Å². The zero-order chi connectivity index (χ0) is 17.3. The van der Waals surface area contributed by atoms with E-state index in [4.69, 9.17) is 4.42 Å². The Kier molecular flexibility index (Phi) is 7.65. The zero-order valence-electron chi connectivity index (χ0n) is 14.9. The number of hydrogen-bond donors (Lipinski definition) is 3. The first-order valence-electron chi connectivity index (χ1n) is 8.18. The van der Waals surface area contributed by atoms with Crippen molar-refractivity contribution >= 4 is 11.9 Å². The smallest absolute Gasteiger partial charge is 0.227 e. The first-order chi connectivity index (χ1) is 10.9. The number of aliphatic imine (C=N–C) groups is 1. The molecule has 0 saturated carbocycles. The van der Waals surface area contributed by atoms with Gasteiger partial charge in [-0.3, -0.25) is 9.79 Å². The summed E-state index contributed by atoms with van der Waals surface area (Å²) in [5.74, 6) is 1.65. The Labute approximate surface area is 139 Å². The lowest BCUT2D eigenvalue weighted by molar-refractivity contribution is -0.128. The van der Waals surface area contributed by atoms with Crippen LogP contribution < -0.4 is 16.0 Å². The van der Waals surface area contributed by atoms with Crippen LogP contribution in [0.15, 0.2) is 27.8 Å². The second kappa shape index (κ2) is 9.22. The third-order valence-corrected chi connectivity index (χ3v) is 3.71. The lowest BCUT2D eigenvalue weighted by Gasteiger charge is -2.22. The number of furan rings is 1. The summed E-state index contributed by atoms with van der Waals surface area (Å²) < 4.78 is 5.32. The zero-order valence-corrected chi connectivity index (χ0v) is 14.9. The van der Waals surface area contributed by atoms with Gasteiger partial charge in [-0.05, 0) is 39.3 Å². The summed E-state index contributed by atoms with van der Waals surface area (Å²) in [4.78, 5) is 16.4. The Bertz CT molecular complexity index is 495. The summed E-state index contributed by atoms with van der Waals surface area (Å²) >= 11 is 0. The summed E-state index contributed by atoms with van der Waals surface area (Å²) in [6, 6.07) is 4.15. The van der Waals surface area contributed by atoms with Crippen LogP contribution in [0.25, 0.3) is 0 Å². The predicted molar refractivity (Wildman–Crippen MR) is 93.5 cm³/mol. The third-order valence-electron chi connectivity index (χ3n) is 3.71. The van der Waals surface area contributed by atoms with Gasteiger partial charge in [0.15, 0.2) is 5.96 Å². The van der Waals surface area contributed by atoms with Crippen molar-refractivity contribution in [2.45, 2.75) is 46.6 Å². The van der Waals surface area contributed by atoms with Gasteiger partial charge < -0.3 is 20.4 Å². The molecule has 1 atom stereocenters. The Morgan fingerprint density at radius 2 is 2.17 bits per heavy atom. The number of carbonyl (C=O) groups is 1. The number of nitrogens with one attached hydrogen (secondary N) is 3. The number of hydrogen-bond acceptors (Lipinski definition) is 3. The van der Waals surface area contributed by atoms with Crippen molar-refractivity contribution in [3.8, 4) is 0 Å². The van der Waals surface area contributed by atoms with Crippen LogP contribution in [-0.4, -0.2) is 38.0 Å². The van der Waals surface area contributed by atoms with Crippen molar-refractivity contribution in [1.29, 1.82) is 0 Å². The Balaban J connectivity index is 2.63. The molecule has 0 bridgehead atoms. The highest BCUT2D eigenvalue weighted by Crippen LogP contribution is 2.15. The van der Waals surface area contributed by atoms with Crippen molar-refractivity contribution in [2.24, 2.45) is 10.4 Å². The van der Waals surface area contributed by atoms with E-state index in [1.807, 2.05) is 26.0 Å². The van der Waals surface area contributed by atoms with Gasteiger partial charge in [0, 0.05) is 26.1 Å². The molecule has 1 aromatic heterocycles. The molecule has 0 aliphatic rings.